The second-order valence-electron chi connectivity index (χ2n) is 6.61. The minimum absolute atomic E-state index is 0.0743. The molecule has 0 atom stereocenters. The van der Waals surface area contributed by atoms with E-state index in [4.69, 9.17) is 4.74 Å². The molecule has 144 valence electrons. The Bertz CT molecular complexity index is 963. The van der Waals surface area contributed by atoms with Gasteiger partial charge in [-0.1, -0.05) is 25.0 Å². The van der Waals surface area contributed by atoms with Gasteiger partial charge in [0, 0.05) is 25.5 Å². The fraction of sp³-hybridized carbons (Fsp3) is 0.350. The van der Waals surface area contributed by atoms with Crippen molar-refractivity contribution in [1.29, 1.82) is 0 Å². The number of esters is 1. The summed E-state index contributed by atoms with van der Waals surface area (Å²) in [5, 5.41) is 0.597. The zero-order chi connectivity index (χ0) is 19.3. The third-order valence-electron chi connectivity index (χ3n) is 4.67. The molecule has 0 radical (unpaired) electrons. The number of benzene rings is 1. The Labute approximate surface area is 166 Å². The van der Waals surface area contributed by atoms with Gasteiger partial charge < -0.3 is 9.64 Å². The third kappa shape index (κ3) is 4.01. The van der Waals surface area contributed by atoms with Crippen LogP contribution in [0.2, 0.25) is 0 Å². The summed E-state index contributed by atoms with van der Waals surface area (Å²) in [4.78, 5) is 39.7. The lowest BCUT2D eigenvalue weighted by molar-refractivity contribution is -0.134. The smallest absolute Gasteiger partial charge is 0.359 e. The lowest BCUT2D eigenvalue weighted by atomic mass is 10.2. The molecule has 1 aliphatic heterocycles. The maximum absolute atomic E-state index is 12.6. The van der Waals surface area contributed by atoms with Crippen LogP contribution in [0.4, 0.5) is 0 Å². The number of thiazole rings is 1. The molecule has 1 amide bonds. The van der Waals surface area contributed by atoms with Crippen LogP contribution in [0.25, 0.3) is 20.9 Å². The minimum Gasteiger partial charge on any atom is -0.451 e. The molecule has 4 rings (SSSR count). The van der Waals surface area contributed by atoms with E-state index >= 15 is 0 Å². The highest BCUT2D eigenvalue weighted by molar-refractivity contribution is 7.21. The lowest BCUT2D eigenvalue weighted by Crippen LogP contribution is -2.35. The van der Waals surface area contributed by atoms with Crippen molar-refractivity contribution in [2.24, 2.45) is 0 Å². The highest BCUT2D eigenvalue weighted by atomic mass is 32.1. The quantitative estimate of drug-likeness (QED) is 0.629. The van der Waals surface area contributed by atoms with Crippen LogP contribution in [0.5, 0.6) is 0 Å². The molecular formula is C20H20N4O3S. The van der Waals surface area contributed by atoms with Gasteiger partial charge in [0.2, 0.25) is 0 Å². The van der Waals surface area contributed by atoms with Crippen LogP contribution < -0.4 is 0 Å². The van der Waals surface area contributed by atoms with Crippen LogP contribution in [-0.2, 0) is 9.53 Å². The van der Waals surface area contributed by atoms with Crippen molar-refractivity contribution in [3.63, 3.8) is 0 Å². The summed E-state index contributed by atoms with van der Waals surface area (Å²) in [5.74, 6) is -0.828. The van der Waals surface area contributed by atoms with Gasteiger partial charge in [0.1, 0.15) is 10.7 Å². The number of likely N-dealkylation sites (tertiary alicyclic amines) is 1. The first kappa shape index (κ1) is 18.5. The van der Waals surface area contributed by atoms with E-state index in [9.17, 15) is 9.59 Å². The van der Waals surface area contributed by atoms with E-state index in [0.29, 0.717) is 10.7 Å². The molecule has 7 nitrogen and oxygen atoms in total. The number of hydrogen-bond donors (Lipinski definition) is 0. The Balaban J connectivity index is 1.49. The second kappa shape index (κ2) is 8.43. The van der Waals surface area contributed by atoms with Crippen molar-refractivity contribution >= 4 is 33.4 Å². The Hall–Kier alpha value is -2.87. The lowest BCUT2D eigenvalue weighted by Gasteiger charge is -2.19. The van der Waals surface area contributed by atoms with E-state index in [1.54, 1.807) is 4.90 Å². The fourth-order valence-electron chi connectivity index (χ4n) is 3.22. The summed E-state index contributed by atoms with van der Waals surface area (Å²) in [6.45, 7) is 1.16. The number of rotatable bonds is 4. The average molecular weight is 396 g/mol. The molecule has 0 aliphatic carbocycles. The number of amides is 1. The first-order valence-electron chi connectivity index (χ1n) is 9.34. The summed E-state index contributed by atoms with van der Waals surface area (Å²) in [5.41, 5.74) is 1.28. The minimum atomic E-state index is -0.662. The highest BCUT2D eigenvalue weighted by Gasteiger charge is 2.22. The molecule has 0 unspecified atom stereocenters. The molecule has 1 aliphatic rings. The molecule has 8 heteroatoms. The molecule has 28 heavy (non-hydrogen) atoms. The fourth-order valence-corrected chi connectivity index (χ4v) is 4.19. The molecule has 0 spiro atoms. The standard InChI is InChI=1S/C20H20N4O3S/c25-16(24-11-5-1-2-6-12-24)13-27-20(26)18-17(21-9-10-22-18)19-23-14-7-3-4-8-15(14)28-19/h3-4,7-10H,1-2,5-6,11-13H2. The number of carbonyl (C=O) groups is 2. The van der Waals surface area contributed by atoms with Crippen LogP contribution in [0, 0.1) is 0 Å². The molecule has 1 saturated heterocycles. The first-order valence-corrected chi connectivity index (χ1v) is 10.2. The number of nitrogens with zero attached hydrogens (tertiary/aromatic N) is 4. The summed E-state index contributed by atoms with van der Waals surface area (Å²) in [7, 11) is 0. The van der Waals surface area contributed by atoms with Crippen molar-refractivity contribution in [3.05, 3.63) is 42.4 Å². The van der Waals surface area contributed by atoms with E-state index in [1.165, 1.54) is 23.7 Å². The van der Waals surface area contributed by atoms with E-state index < -0.39 is 5.97 Å². The monoisotopic (exact) mass is 396 g/mol. The average Bonchev–Trinajstić information content (AvgIpc) is 2.97. The Morgan fingerprint density at radius 1 is 1.04 bits per heavy atom. The third-order valence-corrected chi connectivity index (χ3v) is 5.72. The number of fused-ring (bicyclic) bond motifs is 1. The van der Waals surface area contributed by atoms with Crippen molar-refractivity contribution in [2.75, 3.05) is 19.7 Å². The molecule has 1 fully saturated rings. The molecule has 3 aromatic rings. The van der Waals surface area contributed by atoms with Gasteiger partial charge in [-0.2, -0.15) is 0 Å². The SMILES string of the molecule is O=C(OCC(=O)N1CCCCCC1)c1nccnc1-c1nc2ccccc2s1. The number of hydrogen-bond acceptors (Lipinski definition) is 7. The van der Waals surface area contributed by atoms with E-state index in [0.717, 1.165) is 49.0 Å². The predicted molar refractivity (Wildman–Crippen MR) is 106 cm³/mol. The summed E-state index contributed by atoms with van der Waals surface area (Å²) in [6, 6.07) is 7.71. The van der Waals surface area contributed by atoms with Gasteiger partial charge in [-0.05, 0) is 25.0 Å². The Kier molecular flexibility index (Phi) is 5.57. The van der Waals surface area contributed by atoms with E-state index in [1.807, 2.05) is 24.3 Å². The van der Waals surface area contributed by atoms with Gasteiger partial charge in [0.25, 0.3) is 5.91 Å². The van der Waals surface area contributed by atoms with E-state index in [2.05, 4.69) is 15.0 Å². The van der Waals surface area contributed by atoms with Gasteiger partial charge >= 0.3 is 5.97 Å². The summed E-state index contributed by atoms with van der Waals surface area (Å²) >= 11 is 1.43. The second-order valence-corrected chi connectivity index (χ2v) is 7.64. The maximum Gasteiger partial charge on any atom is 0.359 e. The van der Waals surface area contributed by atoms with Crippen LogP contribution in [-0.4, -0.2) is 51.4 Å². The van der Waals surface area contributed by atoms with Gasteiger partial charge in [-0.3, -0.25) is 4.79 Å². The van der Waals surface area contributed by atoms with Crippen molar-refractivity contribution in [3.8, 4) is 10.7 Å². The maximum atomic E-state index is 12.6. The normalized spacial score (nSPS) is 14.6. The molecule has 0 bridgehead atoms. The first-order chi connectivity index (χ1) is 13.7. The molecule has 1 aromatic carbocycles. The Morgan fingerprint density at radius 2 is 1.79 bits per heavy atom. The van der Waals surface area contributed by atoms with Gasteiger partial charge in [0.15, 0.2) is 12.3 Å². The highest BCUT2D eigenvalue weighted by Crippen LogP contribution is 2.30. The van der Waals surface area contributed by atoms with Gasteiger partial charge in [0.05, 0.1) is 10.2 Å². The van der Waals surface area contributed by atoms with Crippen LogP contribution in [0.1, 0.15) is 36.2 Å². The van der Waals surface area contributed by atoms with Gasteiger partial charge in [-0.15, -0.1) is 11.3 Å². The zero-order valence-corrected chi connectivity index (χ0v) is 16.2. The van der Waals surface area contributed by atoms with Crippen LogP contribution >= 0.6 is 11.3 Å². The summed E-state index contributed by atoms with van der Waals surface area (Å²) < 4.78 is 6.26. The van der Waals surface area contributed by atoms with Crippen LogP contribution in [0.3, 0.4) is 0 Å². The largest absolute Gasteiger partial charge is 0.451 e. The van der Waals surface area contributed by atoms with Crippen LogP contribution in [0.15, 0.2) is 36.7 Å². The summed E-state index contributed by atoms with van der Waals surface area (Å²) in [6.07, 6.45) is 7.20. The number of carbonyl (C=O) groups excluding carboxylic acids is 2. The van der Waals surface area contributed by atoms with Crippen molar-refractivity contribution in [2.45, 2.75) is 25.7 Å². The molecule has 2 aromatic heterocycles. The van der Waals surface area contributed by atoms with Gasteiger partial charge in [-0.25, -0.2) is 19.7 Å². The van der Waals surface area contributed by atoms with Crippen molar-refractivity contribution in [1.82, 2.24) is 19.9 Å². The van der Waals surface area contributed by atoms with E-state index in [-0.39, 0.29) is 18.2 Å². The molecule has 0 N–H and O–H groups in total. The number of aromatic nitrogens is 3. The molecule has 0 saturated carbocycles. The Morgan fingerprint density at radius 3 is 2.57 bits per heavy atom. The number of ether oxygens (including phenoxy) is 1. The zero-order valence-electron chi connectivity index (χ0n) is 15.3. The number of para-hydroxylation sites is 1. The predicted octanol–water partition coefficient (Wildman–Crippen LogP) is 3.31. The topological polar surface area (TPSA) is 85.3 Å². The molecular weight excluding hydrogens is 376 g/mol. The molecule has 3 heterocycles. The van der Waals surface area contributed by atoms with Crippen molar-refractivity contribution < 1.29 is 14.3 Å².